The van der Waals surface area contributed by atoms with Crippen LogP contribution < -0.4 is 15.6 Å². The summed E-state index contributed by atoms with van der Waals surface area (Å²) in [6.45, 7) is 3.85. The number of ether oxygens (including phenoxy) is 1. The number of aromatic nitrogens is 1. The summed E-state index contributed by atoms with van der Waals surface area (Å²) in [6, 6.07) is 9.61. The number of carbonyl (C=O) groups excluding carboxylic acids is 1. The van der Waals surface area contributed by atoms with E-state index in [0.29, 0.717) is 11.6 Å². The van der Waals surface area contributed by atoms with Gasteiger partial charge in [-0.1, -0.05) is 11.6 Å². The second-order valence-corrected chi connectivity index (χ2v) is 11.9. The van der Waals surface area contributed by atoms with E-state index in [0.717, 1.165) is 43.5 Å². The number of rotatable bonds is 8. The van der Waals surface area contributed by atoms with Crippen LogP contribution in [0.15, 0.2) is 52.3 Å². The molecule has 1 atom stereocenters. The van der Waals surface area contributed by atoms with Crippen LogP contribution in [0.4, 0.5) is 0 Å². The third kappa shape index (κ3) is 6.70. The number of aromatic amines is 1. The van der Waals surface area contributed by atoms with E-state index in [9.17, 15) is 23.1 Å². The summed E-state index contributed by atoms with van der Waals surface area (Å²) in [5, 5.41) is 14.3. The van der Waals surface area contributed by atoms with Gasteiger partial charge in [0.2, 0.25) is 0 Å². The number of hydrogen-bond acceptors (Lipinski definition) is 7. The zero-order valence-corrected chi connectivity index (χ0v) is 22.2. The minimum Gasteiger partial charge on any atom is -0.490 e. The molecule has 1 amide bonds. The average Bonchev–Trinajstić information content (AvgIpc) is 2.85. The lowest BCUT2D eigenvalue weighted by molar-refractivity contribution is 0.0592. The van der Waals surface area contributed by atoms with Crippen LogP contribution in [0.1, 0.15) is 28.8 Å². The summed E-state index contributed by atoms with van der Waals surface area (Å²) in [4.78, 5) is 29.7. The maximum Gasteiger partial charge on any atom is 0.255 e. The summed E-state index contributed by atoms with van der Waals surface area (Å²) in [7, 11) is -3.52. The molecule has 1 unspecified atom stereocenters. The van der Waals surface area contributed by atoms with Crippen molar-refractivity contribution in [1.29, 1.82) is 0 Å². The number of fused-ring (bicyclic) bond motifs is 1. The lowest BCUT2D eigenvalue weighted by Gasteiger charge is -2.33. The summed E-state index contributed by atoms with van der Waals surface area (Å²) in [6.07, 6.45) is 3.22. The zero-order chi connectivity index (χ0) is 26.7. The molecule has 11 heteroatoms. The molecule has 37 heavy (non-hydrogen) atoms. The lowest BCUT2D eigenvalue weighted by atomic mass is 10.1. The van der Waals surface area contributed by atoms with E-state index >= 15 is 0 Å². The van der Waals surface area contributed by atoms with Crippen molar-refractivity contribution in [3.63, 3.8) is 0 Å². The fourth-order valence-corrected chi connectivity index (χ4v) is 5.33. The van der Waals surface area contributed by atoms with Gasteiger partial charge < -0.3 is 25.0 Å². The van der Waals surface area contributed by atoms with Gasteiger partial charge in [0.05, 0.1) is 16.6 Å². The number of nitrogens with one attached hydrogen (secondary N) is 2. The fourth-order valence-electron chi connectivity index (χ4n) is 4.46. The van der Waals surface area contributed by atoms with E-state index < -0.39 is 27.4 Å². The second kappa shape index (κ2) is 11.2. The molecule has 1 aliphatic rings. The molecule has 0 saturated carbocycles. The number of aliphatic hydroxyl groups excluding tert-OH is 1. The Balaban J connectivity index is 1.31. The van der Waals surface area contributed by atoms with Gasteiger partial charge in [0.1, 0.15) is 11.9 Å². The number of H-pyrrole nitrogens is 1. The highest BCUT2D eigenvalue weighted by Crippen LogP contribution is 2.25. The van der Waals surface area contributed by atoms with Gasteiger partial charge in [-0.15, -0.1) is 0 Å². The van der Waals surface area contributed by atoms with Gasteiger partial charge >= 0.3 is 0 Å². The Hall–Kier alpha value is -2.92. The minimum atomic E-state index is -3.52. The quantitative estimate of drug-likeness (QED) is 0.395. The molecule has 2 aromatic carbocycles. The van der Waals surface area contributed by atoms with Gasteiger partial charge in [-0.25, -0.2) is 8.42 Å². The zero-order valence-electron chi connectivity index (χ0n) is 20.7. The van der Waals surface area contributed by atoms with Crippen LogP contribution in [0.2, 0.25) is 5.02 Å². The van der Waals surface area contributed by atoms with Crippen LogP contribution in [0.3, 0.4) is 0 Å². The minimum absolute atomic E-state index is 0.00557. The van der Waals surface area contributed by atoms with Gasteiger partial charge in [-0.3, -0.25) is 9.59 Å². The molecule has 1 saturated heterocycles. The smallest absolute Gasteiger partial charge is 0.255 e. The Labute approximate surface area is 220 Å². The molecule has 1 fully saturated rings. The molecular weight excluding hydrogens is 518 g/mol. The number of pyridine rings is 1. The van der Waals surface area contributed by atoms with E-state index in [2.05, 4.69) is 15.2 Å². The Morgan fingerprint density at radius 2 is 1.95 bits per heavy atom. The molecular formula is C26H30ClN3O6S. The molecule has 9 nitrogen and oxygen atoms in total. The standard InChI is InChI=1S/C26H30ClN3O6S/c1-16-11-17(27)3-6-24(16)36-19-7-9-30(10-8-19)15-18(31)13-28-26(33)23-14-29-25(32)21-5-4-20(12-22(21)23)37(2,34)35/h3-6,11-12,14,18-19,31H,7-10,13,15H2,1-2H3,(H,28,33)(H,29,32). The topological polar surface area (TPSA) is 129 Å². The van der Waals surface area contributed by atoms with Crippen LogP contribution in [0.5, 0.6) is 5.75 Å². The van der Waals surface area contributed by atoms with Crippen molar-refractivity contribution in [2.45, 2.75) is 36.9 Å². The summed E-state index contributed by atoms with van der Waals surface area (Å²) in [5.41, 5.74) is 0.692. The Morgan fingerprint density at radius 1 is 1.22 bits per heavy atom. The van der Waals surface area contributed by atoms with Crippen molar-refractivity contribution in [3.8, 4) is 5.75 Å². The van der Waals surface area contributed by atoms with Crippen LogP contribution >= 0.6 is 11.6 Å². The molecule has 2 heterocycles. The second-order valence-electron chi connectivity index (χ2n) is 9.40. The van der Waals surface area contributed by atoms with Crippen molar-refractivity contribution in [1.82, 2.24) is 15.2 Å². The van der Waals surface area contributed by atoms with Crippen LogP contribution in [0, 0.1) is 6.92 Å². The van der Waals surface area contributed by atoms with Gasteiger partial charge in [0.15, 0.2) is 9.84 Å². The molecule has 0 radical (unpaired) electrons. The Bertz CT molecular complexity index is 1460. The molecule has 0 bridgehead atoms. The molecule has 0 spiro atoms. The third-order valence-electron chi connectivity index (χ3n) is 6.48. The maximum absolute atomic E-state index is 12.9. The maximum atomic E-state index is 12.9. The molecule has 1 aliphatic heterocycles. The molecule has 4 rings (SSSR count). The normalized spacial score (nSPS) is 16.0. The van der Waals surface area contributed by atoms with Gasteiger partial charge in [0.25, 0.3) is 11.5 Å². The number of halogens is 1. The van der Waals surface area contributed by atoms with Gasteiger partial charge in [0, 0.05) is 54.4 Å². The number of carbonyl (C=O) groups is 1. The summed E-state index contributed by atoms with van der Waals surface area (Å²) in [5.74, 6) is 0.306. The van der Waals surface area contributed by atoms with Crippen LogP contribution in [-0.4, -0.2) is 74.0 Å². The summed E-state index contributed by atoms with van der Waals surface area (Å²) < 4.78 is 30.0. The van der Waals surface area contributed by atoms with E-state index in [1.165, 1.54) is 24.4 Å². The number of amides is 1. The number of β-amino-alcohol motifs (C(OH)–C–C–N with tert-alkyl or cyclic N) is 1. The number of piperidine rings is 1. The molecule has 3 N–H and O–H groups in total. The van der Waals surface area contributed by atoms with Crippen molar-refractivity contribution >= 4 is 38.1 Å². The van der Waals surface area contributed by atoms with Crippen molar-refractivity contribution in [2.24, 2.45) is 0 Å². The first kappa shape index (κ1) is 27.1. The van der Waals surface area contributed by atoms with E-state index in [1.807, 2.05) is 25.1 Å². The van der Waals surface area contributed by atoms with Crippen LogP contribution in [0.25, 0.3) is 10.8 Å². The number of sulfone groups is 1. The van der Waals surface area contributed by atoms with E-state index in [-0.39, 0.29) is 33.9 Å². The largest absolute Gasteiger partial charge is 0.490 e. The molecule has 0 aliphatic carbocycles. The highest BCUT2D eigenvalue weighted by molar-refractivity contribution is 7.90. The Morgan fingerprint density at radius 3 is 2.62 bits per heavy atom. The highest BCUT2D eigenvalue weighted by Gasteiger charge is 2.23. The number of hydrogen-bond donors (Lipinski definition) is 3. The predicted molar refractivity (Wildman–Crippen MR) is 142 cm³/mol. The number of nitrogens with zero attached hydrogens (tertiary/aromatic N) is 1. The predicted octanol–water partition coefficient (Wildman–Crippen LogP) is 2.53. The summed E-state index contributed by atoms with van der Waals surface area (Å²) >= 11 is 6.01. The highest BCUT2D eigenvalue weighted by atomic mass is 35.5. The molecule has 3 aromatic rings. The lowest BCUT2D eigenvalue weighted by Crippen LogP contribution is -2.45. The van der Waals surface area contributed by atoms with Gasteiger partial charge in [-0.2, -0.15) is 0 Å². The fraction of sp³-hybridized carbons (Fsp3) is 0.385. The monoisotopic (exact) mass is 547 g/mol. The number of benzene rings is 2. The van der Waals surface area contributed by atoms with Gasteiger partial charge in [-0.05, 0) is 61.7 Å². The molecule has 1 aromatic heterocycles. The molecule has 198 valence electrons. The first-order valence-corrected chi connectivity index (χ1v) is 14.2. The third-order valence-corrected chi connectivity index (χ3v) is 7.82. The van der Waals surface area contributed by atoms with Crippen molar-refractivity contribution < 1.29 is 23.1 Å². The SMILES string of the molecule is Cc1cc(Cl)ccc1OC1CCN(CC(O)CNC(=O)c2c[nH]c(=O)c3ccc(S(C)(=O)=O)cc23)CC1. The van der Waals surface area contributed by atoms with E-state index in [1.54, 1.807) is 0 Å². The number of aryl methyl sites for hydroxylation is 1. The Kier molecular flexibility index (Phi) is 8.23. The first-order chi connectivity index (χ1) is 17.5. The average molecular weight is 548 g/mol. The number of aliphatic hydroxyl groups is 1. The van der Waals surface area contributed by atoms with Crippen molar-refractivity contribution in [2.75, 3.05) is 32.4 Å². The van der Waals surface area contributed by atoms with Crippen molar-refractivity contribution in [3.05, 3.63) is 69.1 Å². The van der Waals surface area contributed by atoms with Crippen LogP contribution in [-0.2, 0) is 9.84 Å². The van der Waals surface area contributed by atoms with E-state index in [4.69, 9.17) is 16.3 Å². The first-order valence-electron chi connectivity index (χ1n) is 12.0. The number of likely N-dealkylation sites (tertiary alicyclic amines) is 1.